The molecule has 1 rings (SSSR count). The van der Waals surface area contributed by atoms with Crippen molar-refractivity contribution in [1.29, 1.82) is 0 Å². The van der Waals surface area contributed by atoms with Crippen molar-refractivity contribution in [3.8, 4) is 0 Å². The van der Waals surface area contributed by atoms with Crippen LogP contribution in [-0.4, -0.2) is 25.2 Å². The summed E-state index contributed by atoms with van der Waals surface area (Å²) in [7, 11) is 1.75. The molecule has 0 spiro atoms. The van der Waals surface area contributed by atoms with E-state index in [0.29, 0.717) is 12.1 Å². The maximum absolute atomic E-state index is 10.7. The molecule has 1 amide bonds. The predicted molar refractivity (Wildman–Crippen MR) is 46.9 cm³/mol. The molecule has 1 aliphatic rings. The largest absolute Gasteiger partial charge is 0.381 e. The topological polar surface area (TPSA) is 38.3 Å². The molecule has 0 aromatic heterocycles. The van der Waals surface area contributed by atoms with Gasteiger partial charge in [-0.15, -0.1) is 0 Å². The lowest BCUT2D eigenvalue weighted by Gasteiger charge is -2.27. The molecule has 0 unspecified atom stereocenters. The van der Waals surface area contributed by atoms with Crippen molar-refractivity contribution in [3.63, 3.8) is 0 Å². The number of methoxy groups -OCH3 is 1. The fourth-order valence-electron chi connectivity index (χ4n) is 1.73. The molecule has 12 heavy (non-hydrogen) atoms. The second kappa shape index (κ2) is 4.45. The Balaban J connectivity index is 2.21. The Hall–Kier alpha value is -0.570. The minimum atomic E-state index is 0.0795. The molecule has 1 N–H and O–H groups in total. The van der Waals surface area contributed by atoms with Crippen LogP contribution in [0.5, 0.6) is 0 Å². The summed E-state index contributed by atoms with van der Waals surface area (Å²) >= 11 is 0. The SMILES string of the molecule is COC1CCC(NC(C)=O)CC1. The Labute approximate surface area is 73.5 Å². The maximum atomic E-state index is 10.7. The highest BCUT2D eigenvalue weighted by Crippen LogP contribution is 2.20. The quantitative estimate of drug-likeness (QED) is 0.675. The number of nitrogens with one attached hydrogen (secondary N) is 1. The van der Waals surface area contributed by atoms with Crippen LogP contribution in [-0.2, 0) is 9.53 Å². The second-order valence-electron chi connectivity index (χ2n) is 3.41. The van der Waals surface area contributed by atoms with Crippen LogP contribution in [0.15, 0.2) is 0 Å². The average Bonchev–Trinajstić information content (AvgIpc) is 2.05. The first-order chi connectivity index (χ1) is 5.72. The van der Waals surface area contributed by atoms with Gasteiger partial charge in [0.25, 0.3) is 0 Å². The first-order valence-corrected chi connectivity index (χ1v) is 4.52. The van der Waals surface area contributed by atoms with Crippen LogP contribution in [0.2, 0.25) is 0 Å². The summed E-state index contributed by atoms with van der Waals surface area (Å²) in [5.74, 6) is 0.0795. The molecular weight excluding hydrogens is 154 g/mol. The first kappa shape index (κ1) is 9.52. The van der Waals surface area contributed by atoms with E-state index in [1.165, 1.54) is 0 Å². The number of ether oxygens (including phenoxy) is 1. The van der Waals surface area contributed by atoms with Crippen molar-refractivity contribution >= 4 is 5.91 Å². The van der Waals surface area contributed by atoms with Gasteiger partial charge in [-0.2, -0.15) is 0 Å². The third-order valence-electron chi connectivity index (χ3n) is 2.41. The highest BCUT2D eigenvalue weighted by molar-refractivity contribution is 5.73. The van der Waals surface area contributed by atoms with Crippen molar-refractivity contribution in [2.45, 2.75) is 44.8 Å². The van der Waals surface area contributed by atoms with E-state index in [0.717, 1.165) is 25.7 Å². The molecule has 1 saturated carbocycles. The van der Waals surface area contributed by atoms with Crippen LogP contribution in [0.1, 0.15) is 32.6 Å². The van der Waals surface area contributed by atoms with Crippen LogP contribution in [0, 0.1) is 0 Å². The summed E-state index contributed by atoms with van der Waals surface area (Å²) in [5, 5.41) is 2.93. The van der Waals surface area contributed by atoms with E-state index in [2.05, 4.69) is 5.32 Å². The molecular formula is C9H17NO2. The van der Waals surface area contributed by atoms with E-state index < -0.39 is 0 Å². The third kappa shape index (κ3) is 2.81. The summed E-state index contributed by atoms with van der Waals surface area (Å²) in [4.78, 5) is 10.7. The molecule has 0 aromatic carbocycles. The van der Waals surface area contributed by atoms with Gasteiger partial charge in [0.2, 0.25) is 5.91 Å². The summed E-state index contributed by atoms with van der Waals surface area (Å²) in [6.07, 6.45) is 4.66. The van der Waals surface area contributed by atoms with Crippen LogP contribution in [0.3, 0.4) is 0 Å². The third-order valence-corrected chi connectivity index (χ3v) is 2.41. The minimum Gasteiger partial charge on any atom is -0.381 e. The summed E-state index contributed by atoms with van der Waals surface area (Å²) in [5.41, 5.74) is 0. The molecule has 0 atom stereocenters. The van der Waals surface area contributed by atoms with E-state index in [9.17, 15) is 4.79 Å². The standard InChI is InChI=1S/C9H17NO2/c1-7(11)10-8-3-5-9(12-2)6-4-8/h8-9H,3-6H2,1-2H3,(H,10,11). The Morgan fingerprint density at radius 3 is 2.33 bits per heavy atom. The van der Waals surface area contributed by atoms with E-state index in [-0.39, 0.29) is 5.91 Å². The van der Waals surface area contributed by atoms with Crippen molar-refractivity contribution in [3.05, 3.63) is 0 Å². The fraction of sp³-hybridized carbons (Fsp3) is 0.889. The number of hydrogen-bond donors (Lipinski definition) is 1. The lowest BCUT2D eigenvalue weighted by Crippen LogP contribution is -2.37. The lowest BCUT2D eigenvalue weighted by atomic mass is 9.93. The normalized spacial score (nSPS) is 29.8. The van der Waals surface area contributed by atoms with Gasteiger partial charge in [0.05, 0.1) is 6.10 Å². The minimum absolute atomic E-state index is 0.0795. The molecule has 1 aliphatic carbocycles. The monoisotopic (exact) mass is 171 g/mol. The molecule has 0 heterocycles. The number of amides is 1. The van der Waals surface area contributed by atoms with Crippen LogP contribution in [0.25, 0.3) is 0 Å². The van der Waals surface area contributed by atoms with Crippen LogP contribution < -0.4 is 5.32 Å². The Bertz CT molecular complexity index is 151. The molecule has 0 bridgehead atoms. The van der Waals surface area contributed by atoms with Crippen molar-refractivity contribution < 1.29 is 9.53 Å². The highest BCUT2D eigenvalue weighted by atomic mass is 16.5. The number of carbonyl (C=O) groups excluding carboxylic acids is 1. The Kier molecular flexibility index (Phi) is 3.53. The lowest BCUT2D eigenvalue weighted by molar-refractivity contribution is -0.120. The molecule has 1 fully saturated rings. The van der Waals surface area contributed by atoms with Gasteiger partial charge in [0, 0.05) is 20.1 Å². The summed E-state index contributed by atoms with van der Waals surface area (Å²) < 4.78 is 5.23. The molecule has 0 aliphatic heterocycles. The average molecular weight is 171 g/mol. The molecule has 0 aromatic rings. The van der Waals surface area contributed by atoms with Crippen molar-refractivity contribution in [2.24, 2.45) is 0 Å². The fourth-order valence-corrected chi connectivity index (χ4v) is 1.73. The maximum Gasteiger partial charge on any atom is 0.217 e. The second-order valence-corrected chi connectivity index (χ2v) is 3.41. The Morgan fingerprint density at radius 2 is 1.92 bits per heavy atom. The van der Waals surface area contributed by atoms with Gasteiger partial charge in [-0.3, -0.25) is 4.79 Å². The smallest absolute Gasteiger partial charge is 0.217 e. The first-order valence-electron chi connectivity index (χ1n) is 4.52. The van der Waals surface area contributed by atoms with E-state index in [1.807, 2.05) is 0 Å². The highest BCUT2D eigenvalue weighted by Gasteiger charge is 2.20. The molecule has 3 nitrogen and oxygen atoms in total. The van der Waals surface area contributed by atoms with Gasteiger partial charge in [-0.1, -0.05) is 0 Å². The zero-order chi connectivity index (χ0) is 8.97. The van der Waals surface area contributed by atoms with E-state index >= 15 is 0 Å². The predicted octanol–water partition coefficient (Wildman–Crippen LogP) is 1.08. The van der Waals surface area contributed by atoms with Crippen molar-refractivity contribution in [1.82, 2.24) is 5.32 Å². The molecule has 0 radical (unpaired) electrons. The van der Waals surface area contributed by atoms with E-state index in [4.69, 9.17) is 4.74 Å². The van der Waals surface area contributed by atoms with Gasteiger partial charge >= 0.3 is 0 Å². The van der Waals surface area contributed by atoms with Crippen LogP contribution in [0.4, 0.5) is 0 Å². The zero-order valence-electron chi connectivity index (χ0n) is 7.80. The molecule has 3 heteroatoms. The Morgan fingerprint density at radius 1 is 1.33 bits per heavy atom. The summed E-state index contributed by atoms with van der Waals surface area (Å²) in [6.45, 7) is 1.57. The van der Waals surface area contributed by atoms with Gasteiger partial charge in [0.1, 0.15) is 0 Å². The number of carbonyl (C=O) groups is 1. The van der Waals surface area contributed by atoms with Gasteiger partial charge < -0.3 is 10.1 Å². The van der Waals surface area contributed by atoms with Gasteiger partial charge in [-0.05, 0) is 25.7 Å². The van der Waals surface area contributed by atoms with E-state index in [1.54, 1.807) is 14.0 Å². The molecule has 0 saturated heterocycles. The van der Waals surface area contributed by atoms with Gasteiger partial charge in [-0.25, -0.2) is 0 Å². The zero-order valence-corrected chi connectivity index (χ0v) is 7.80. The molecule has 70 valence electrons. The summed E-state index contributed by atoms with van der Waals surface area (Å²) in [6, 6.07) is 0.383. The number of rotatable bonds is 2. The van der Waals surface area contributed by atoms with Crippen molar-refractivity contribution in [2.75, 3.05) is 7.11 Å². The van der Waals surface area contributed by atoms with Gasteiger partial charge in [0.15, 0.2) is 0 Å². The number of hydrogen-bond acceptors (Lipinski definition) is 2. The van der Waals surface area contributed by atoms with Crippen LogP contribution >= 0.6 is 0 Å².